The van der Waals surface area contributed by atoms with Crippen LogP contribution in [0.1, 0.15) is 11.3 Å². The first-order valence-electron chi connectivity index (χ1n) is 5.21. The number of aryl methyl sites for hydroxylation is 1. The molecule has 0 spiro atoms. The lowest BCUT2D eigenvalue weighted by molar-refractivity contribution is -0.136. The summed E-state index contributed by atoms with van der Waals surface area (Å²) in [5.41, 5.74) is 2.26. The van der Waals surface area contributed by atoms with E-state index in [2.05, 4.69) is 15.9 Å². The largest absolute Gasteiger partial charge is 0.481 e. The number of carbonyl (C=O) groups is 1. The van der Waals surface area contributed by atoms with Gasteiger partial charge >= 0.3 is 5.97 Å². The Morgan fingerprint density at radius 3 is 2.88 bits per heavy atom. The van der Waals surface area contributed by atoms with E-state index in [1.165, 1.54) is 0 Å². The first-order valence-corrected chi connectivity index (χ1v) is 6.88. The van der Waals surface area contributed by atoms with E-state index < -0.39 is 5.97 Å². The minimum Gasteiger partial charge on any atom is -0.481 e. The van der Waals surface area contributed by atoms with Crippen molar-refractivity contribution >= 4 is 33.2 Å². The Balaban J connectivity index is 2.27. The van der Waals surface area contributed by atoms with E-state index in [-0.39, 0.29) is 6.42 Å². The minimum absolute atomic E-state index is 0.182. The summed E-state index contributed by atoms with van der Waals surface area (Å²) in [7, 11) is 0. The second kappa shape index (κ2) is 5.47. The van der Waals surface area contributed by atoms with Gasteiger partial charge < -0.3 is 5.11 Å². The zero-order valence-corrected chi connectivity index (χ0v) is 11.4. The van der Waals surface area contributed by atoms with Gasteiger partial charge in [0.05, 0.1) is 6.42 Å². The van der Waals surface area contributed by atoms with Crippen LogP contribution in [0.2, 0.25) is 0 Å². The van der Waals surface area contributed by atoms with Crippen LogP contribution >= 0.6 is 27.3 Å². The van der Waals surface area contributed by atoms with Gasteiger partial charge in [0.25, 0.3) is 0 Å². The molecular formula is C13H11BrO2S. The molecule has 0 saturated carbocycles. The molecule has 0 atom stereocenters. The molecule has 88 valence electrons. The molecule has 0 fully saturated rings. The second-order valence-electron chi connectivity index (χ2n) is 3.66. The summed E-state index contributed by atoms with van der Waals surface area (Å²) in [5.74, 6) is -0.751. The lowest BCUT2D eigenvalue weighted by Gasteiger charge is -2.03. The number of aliphatic carboxylic acids is 1. The molecular weight excluding hydrogens is 300 g/mol. The van der Waals surface area contributed by atoms with E-state index >= 15 is 0 Å². The third-order valence-corrected chi connectivity index (χ3v) is 3.92. The van der Waals surface area contributed by atoms with Gasteiger partial charge in [-0.3, -0.25) is 4.79 Å². The van der Waals surface area contributed by atoms with Gasteiger partial charge in [-0.1, -0.05) is 28.1 Å². The zero-order chi connectivity index (χ0) is 12.3. The predicted octanol–water partition coefficient (Wildman–Crippen LogP) is 4.19. The van der Waals surface area contributed by atoms with Crippen LogP contribution < -0.4 is 0 Å². The minimum atomic E-state index is -0.751. The molecule has 2 aromatic rings. The van der Waals surface area contributed by atoms with Crippen LogP contribution in [-0.2, 0) is 11.2 Å². The smallest absolute Gasteiger partial charge is 0.303 e. The number of benzene rings is 1. The molecule has 2 rings (SSSR count). The lowest BCUT2D eigenvalue weighted by atomic mass is 10.1. The Morgan fingerprint density at radius 2 is 2.18 bits per heavy atom. The third kappa shape index (κ3) is 3.17. The van der Waals surface area contributed by atoms with Crippen molar-refractivity contribution in [1.29, 1.82) is 0 Å². The third-order valence-electron chi connectivity index (χ3n) is 2.45. The van der Waals surface area contributed by atoms with Gasteiger partial charge in [0, 0.05) is 9.35 Å². The number of hydrogen-bond acceptors (Lipinski definition) is 2. The number of hydrogen-bond donors (Lipinski definition) is 1. The quantitative estimate of drug-likeness (QED) is 0.919. The summed E-state index contributed by atoms with van der Waals surface area (Å²) < 4.78 is 1.03. The first-order chi connectivity index (χ1) is 8.16. The molecule has 0 aliphatic rings. The summed E-state index contributed by atoms with van der Waals surface area (Å²) in [6.07, 6.45) is 0.774. The van der Waals surface area contributed by atoms with E-state index in [0.717, 1.165) is 20.5 Å². The zero-order valence-electron chi connectivity index (χ0n) is 9.02. The highest BCUT2D eigenvalue weighted by Gasteiger charge is 2.08. The average Bonchev–Trinajstić information content (AvgIpc) is 2.74. The fourth-order valence-corrected chi connectivity index (χ4v) is 2.97. The highest BCUT2D eigenvalue weighted by atomic mass is 79.9. The van der Waals surface area contributed by atoms with E-state index in [1.807, 2.05) is 35.7 Å². The summed E-state index contributed by atoms with van der Waals surface area (Å²) in [6.45, 7) is 0. The van der Waals surface area contributed by atoms with Gasteiger partial charge in [-0.25, -0.2) is 0 Å². The number of carboxylic acid groups (broad SMARTS) is 1. The van der Waals surface area contributed by atoms with Crippen molar-refractivity contribution in [3.63, 3.8) is 0 Å². The maximum absolute atomic E-state index is 10.6. The average molecular weight is 311 g/mol. The maximum Gasteiger partial charge on any atom is 0.303 e. The van der Waals surface area contributed by atoms with Gasteiger partial charge in [-0.05, 0) is 41.1 Å². The SMILES string of the molecule is O=C(O)CCc1sccc1-c1cccc(Br)c1. The Morgan fingerprint density at radius 1 is 1.35 bits per heavy atom. The van der Waals surface area contributed by atoms with E-state index in [1.54, 1.807) is 11.3 Å². The van der Waals surface area contributed by atoms with Gasteiger partial charge in [-0.15, -0.1) is 11.3 Å². The van der Waals surface area contributed by atoms with Crippen LogP contribution in [0.5, 0.6) is 0 Å². The maximum atomic E-state index is 10.6. The van der Waals surface area contributed by atoms with Crippen LogP contribution in [0, 0.1) is 0 Å². The second-order valence-corrected chi connectivity index (χ2v) is 5.58. The van der Waals surface area contributed by atoms with Crippen LogP contribution in [0.15, 0.2) is 40.2 Å². The van der Waals surface area contributed by atoms with Crippen molar-refractivity contribution < 1.29 is 9.90 Å². The van der Waals surface area contributed by atoms with E-state index in [0.29, 0.717) is 6.42 Å². The number of rotatable bonds is 4. The Kier molecular flexibility index (Phi) is 3.97. The molecule has 0 unspecified atom stereocenters. The van der Waals surface area contributed by atoms with Crippen LogP contribution in [0.25, 0.3) is 11.1 Å². The monoisotopic (exact) mass is 310 g/mol. The number of thiophene rings is 1. The molecule has 0 amide bonds. The predicted molar refractivity (Wildman–Crippen MR) is 73.4 cm³/mol. The molecule has 1 aromatic heterocycles. The molecule has 1 aromatic carbocycles. The van der Waals surface area contributed by atoms with Gasteiger partial charge in [0.1, 0.15) is 0 Å². The molecule has 1 N–H and O–H groups in total. The van der Waals surface area contributed by atoms with Gasteiger partial charge in [0.15, 0.2) is 0 Å². The fourth-order valence-electron chi connectivity index (χ4n) is 1.67. The first kappa shape index (κ1) is 12.3. The normalized spacial score (nSPS) is 10.4. The van der Waals surface area contributed by atoms with Crippen molar-refractivity contribution in [2.75, 3.05) is 0 Å². The standard InChI is InChI=1S/C13H11BrO2S/c14-10-3-1-2-9(8-10)11-6-7-17-12(11)4-5-13(15)16/h1-3,6-8H,4-5H2,(H,15,16). The lowest BCUT2D eigenvalue weighted by Crippen LogP contribution is -1.96. The van der Waals surface area contributed by atoms with Crippen molar-refractivity contribution in [2.24, 2.45) is 0 Å². The Bertz CT molecular complexity index is 534. The van der Waals surface area contributed by atoms with Crippen LogP contribution in [0.3, 0.4) is 0 Å². The van der Waals surface area contributed by atoms with Crippen molar-refractivity contribution in [3.05, 3.63) is 45.1 Å². The number of carboxylic acids is 1. The summed E-state index contributed by atoms with van der Waals surface area (Å²) in [4.78, 5) is 11.7. The molecule has 4 heteroatoms. The molecule has 17 heavy (non-hydrogen) atoms. The van der Waals surface area contributed by atoms with Gasteiger partial charge in [0.2, 0.25) is 0 Å². The summed E-state index contributed by atoms with van der Waals surface area (Å²) in [5, 5.41) is 10.7. The van der Waals surface area contributed by atoms with Crippen LogP contribution in [-0.4, -0.2) is 11.1 Å². The number of halogens is 1. The summed E-state index contributed by atoms with van der Waals surface area (Å²) >= 11 is 5.06. The summed E-state index contributed by atoms with van der Waals surface area (Å²) in [6, 6.07) is 10.1. The van der Waals surface area contributed by atoms with Gasteiger partial charge in [-0.2, -0.15) is 0 Å². The highest BCUT2D eigenvalue weighted by Crippen LogP contribution is 2.30. The Labute approximate surface area is 112 Å². The molecule has 0 aliphatic heterocycles. The van der Waals surface area contributed by atoms with Crippen molar-refractivity contribution in [2.45, 2.75) is 12.8 Å². The molecule has 0 aliphatic carbocycles. The molecule has 1 heterocycles. The molecule has 0 saturated heterocycles. The fraction of sp³-hybridized carbons (Fsp3) is 0.154. The topological polar surface area (TPSA) is 37.3 Å². The molecule has 0 bridgehead atoms. The van der Waals surface area contributed by atoms with Crippen molar-refractivity contribution in [3.8, 4) is 11.1 Å². The highest BCUT2D eigenvalue weighted by molar-refractivity contribution is 9.10. The van der Waals surface area contributed by atoms with E-state index in [9.17, 15) is 4.79 Å². The van der Waals surface area contributed by atoms with Crippen molar-refractivity contribution in [1.82, 2.24) is 0 Å². The van der Waals surface area contributed by atoms with E-state index in [4.69, 9.17) is 5.11 Å². The van der Waals surface area contributed by atoms with Crippen LogP contribution in [0.4, 0.5) is 0 Å². The Hall–Kier alpha value is -1.13. The molecule has 2 nitrogen and oxygen atoms in total. The molecule has 0 radical (unpaired) electrons.